The summed E-state index contributed by atoms with van der Waals surface area (Å²) >= 11 is 0. The number of aldehydes is 1. The van der Waals surface area contributed by atoms with Gasteiger partial charge in [0.25, 0.3) is 0 Å². The lowest BCUT2D eigenvalue weighted by Crippen LogP contribution is -2.23. The Hall–Kier alpha value is -2.49. The average Bonchev–Trinajstić information content (AvgIpc) is 2.96. The molecule has 1 heterocycles. The van der Waals surface area contributed by atoms with Gasteiger partial charge in [0.05, 0.1) is 6.61 Å². The maximum atomic E-state index is 10.6. The smallest absolute Gasteiger partial charge is 0.231 e. The Morgan fingerprint density at radius 1 is 1.14 bits per heavy atom. The molecule has 4 nitrogen and oxygen atoms in total. The number of carbonyl (C=O) groups excluding carboxylic acids is 1. The third kappa shape index (κ3) is 2.13. The van der Waals surface area contributed by atoms with E-state index in [0.29, 0.717) is 24.9 Å². The van der Waals surface area contributed by atoms with E-state index in [1.54, 1.807) is 12.1 Å². The summed E-state index contributed by atoms with van der Waals surface area (Å²) in [4.78, 5) is 10.6. The molecule has 0 bridgehead atoms. The molecule has 2 aromatic carbocycles. The topological polar surface area (TPSA) is 44.8 Å². The van der Waals surface area contributed by atoms with Crippen molar-refractivity contribution in [3.05, 3.63) is 53.1 Å². The molecule has 4 rings (SSSR count). The molecule has 0 saturated heterocycles. The summed E-state index contributed by atoms with van der Waals surface area (Å²) in [6, 6.07) is 11.3. The summed E-state index contributed by atoms with van der Waals surface area (Å²) in [7, 11) is 0. The summed E-state index contributed by atoms with van der Waals surface area (Å²) in [6.45, 7) is 0.940. The lowest BCUT2D eigenvalue weighted by molar-refractivity contribution is 0.112. The van der Waals surface area contributed by atoms with Gasteiger partial charge in [-0.05, 0) is 53.9 Å². The van der Waals surface area contributed by atoms with E-state index < -0.39 is 0 Å². The maximum absolute atomic E-state index is 10.6. The van der Waals surface area contributed by atoms with E-state index in [-0.39, 0.29) is 0 Å². The highest BCUT2D eigenvalue weighted by Gasteiger charge is 2.30. The molecule has 1 aliphatic heterocycles. The minimum atomic E-state index is 0.308. The summed E-state index contributed by atoms with van der Waals surface area (Å²) in [5.41, 5.74) is 3.25. The van der Waals surface area contributed by atoms with Gasteiger partial charge in [0, 0.05) is 11.5 Å². The monoisotopic (exact) mass is 282 g/mol. The van der Waals surface area contributed by atoms with Crippen LogP contribution < -0.4 is 14.2 Å². The second-order valence-electron chi connectivity index (χ2n) is 5.30. The summed E-state index contributed by atoms with van der Waals surface area (Å²) in [5, 5.41) is 0. The lowest BCUT2D eigenvalue weighted by Gasteiger charge is -2.30. The van der Waals surface area contributed by atoms with E-state index in [2.05, 4.69) is 12.1 Å². The van der Waals surface area contributed by atoms with Crippen molar-refractivity contribution in [1.82, 2.24) is 0 Å². The van der Waals surface area contributed by atoms with E-state index in [1.807, 2.05) is 12.1 Å². The fraction of sp³-hybridized carbons (Fsp3) is 0.235. The Morgan fingerprint density at radius 3 is 2.67 bits per heavy atom. The SMILES string of the molecule is O=Cc1ccc(OCC2Cc3cc4c(cc32)OCO4)cc1. The molecule has 1 aliphatic carbocycles. The molecule has 1 atom stereocenters. The number of ether oxygens (including phenoxy) is 3. The average molecular weight is 282 g/mol. The Balaban J connectivity index is 1.43. The van der Waals surface area contributed by atoms with Crippen LogP contribution in [0.2, 0.25) is 0 Å². The highest BCUT2D eigenvalue weighted by molar-refractivity contribution is 5.74. The van der Waals surface area contributed by atoms with Gasteiger partial charge in [-0.15, -0.1) is 0 Å². The van der Waals surface area contributed by atoms with Crippen LogP contribution in [0.1, 0.15) is 27.4 Å². The second kappa shape index (κ2) is 4.81. The van der Waals surface area contributed by atoms with Crippen molar-refractivity contribution < 1.29 is 19.0 Å². The van der Waals surface area contributed by atoms with E-state index in [1.165, 1.54) is 11.1 Å². The lowest BCUT2D eigenvalue weighted by atomic mass is 9.78. The first-order chi connectivity index (χ1) is 10.3. The van der Waals surface area contributed by atoms with Crippen molar-refractivity contribution in [1.29, 1.82) is 0 Å². The van der Waals surface area contributed by atoms with Crippen LogP contribution in [0.5, 0.6) is 17.2 Å². The summed E-state index contributed by atoms with van der Waals surface area (Å²) in [6.07, 6.45) is 1.83. The molecule has 106 valence electrons. The van der Waals surface area contributed by atoms with Crippen molar-refractivity contribution in [3.8, 4) is 17.2 Å². The number of fused-ring (bicyclic) bond motifs is 2. The van der Waals surface area contributed by atoms with E-state index in [4.69, 9.17) is 14.2 Å². The van der Waals surface area contributed by atoms with E-state index >= 15 is 0 Å². The molecule has 0 spiro atoms. The van der Waals surface area contributed by atoms with Gasteiger partial charge in [0.15, 0.2) is 11.5 Å². The minimum Gasteiger partial charge on any atom is -0.493 e. The van der Waals surface area contributed by atoms with Gasteiger partial charge in [-0.3, -0.25) is 4.79 Å². The minimum absolute atomic E-state index is 0.308. The van der Waals surface area contributed by atoms with Crippen LogP contribution in [-0.2, 0) is 6.42 Å². The number of benzene rings is 2. The van der Waals surface area contributed by atoms with Gasteiger partial charge >= 0.3 is 0 Å². The van der Waals surface area contributed by atoms with Crippen molar-refractivity contribution in [2.45, 2.75) is 12.3 Å². The third-order valence-electron chi connectivity index (χ3n) is 4.01. The zero-order valence-electron chi connectivity index (χ0n) is 11.4. The molecule has 21 heavy (non-hydrogen) atoms. The zero-order chi connectivity index (χ0) is 14.2. The number of rotatable bonds is 4. The van der Waals surface area contributed by atoms with Gasteiger partial charge in [-0.2, -0.15) is 0 Å². The predicted molar refractivity (Wildman–Crippen MR) is 76.3 cm³/mol. The molecule has 0 fully saturated rings. The van der Waals surface area contributed by atoms with Crippen LogP contribution in [0.15, 0.2) is 36.4 Å². The van der Waals surface area contributed by atoms with Crippen molar-refractivity contribution in [2.75, 3.05) is 13.4 Å². The Bertz CT molecular complexity index is 691. The number of carbonyl (C=O) groups is 1. The highest BCUT2D eigenvalue weighted by atomic mass is 16.7. The maximum Gasteiger partial charge on any atom is 0.231 e. The molecule has 1 unspecified atom stereocenters. The molecule has 2 aromatic rings. The van der Waals surface area contributed by atoms with Crippen LogP contribution in [0.4, 0.5) is 0 Å². The predicted octanol–water partition coefficient (Wildman–Crippen LogP) is 2.95. The molecule has 2 aliphatic rings. The highest BCUT2D eigenvalue weighted by Crippen LogP contribution is 2.44. The van der Waals surface area contributed by atoms with Gasteiger partial charge in [0.1, 0.15) is 12.0 Å². The van der Waals surface area contributed by atoms with Crippen LogP contribution in [0, 0.1) is 0 Å². The fourth-order valence-corrected chi connectivity index (χ4v) is 2.79. The van der Waals surface area contributed by atoms with Crippen molar-refractivity contribution in [3.63, 3.8) is 0 Å². The van der Waals surface area contributed by atoms with Crippen LogP contribution in [0.3, 0.4) is 0 Å². The molecule has 0 amide bonds. The summed E-state index contributed by atoms with van der Waals surface area (Å²) in [5.74, 6) is 2.85. The first-order valence-electron chi connectivity index (χ1n) is 6.94. The van der Waals surface area contributed by atoms with Crippen LogP contribution in [0.25, 0.3) is 0 Å². The van der Waals surface area contributed by atoms with Crippen molar-refractivity contribution in [2.24, 2.45) is 0 Å². The largest absolute Gasteiger partial charge is 0.493 e. The molecule has 4 heteroatoms. The molecule has 0 radical (unpaired) electrons. The molecule has 0 N–H and O–H groups in total. The Morgan fingerprint density at radius 2 is 1.90 bits per heavy atom. The Kier molecular flexibility index (Phi) is 2.81. The normalized spacial score (nSPS) is 17.8. The third-order valence-corrected chi connectivity index (χ3v) is 4.01. The molecular formula is C17H14O4. The standard InChI is InChI=1S/C17H14O4/c18-8-11-1-3-14(4-2-11)19-9-13-5-12-6-16-17(7-15(12)13)21-10-20-16/h1-4,6-8,13H,5,9-10H2. The van der Waals surface area contributed by atoms with E-state index in [0.717, 1.165) is 30.0 Å². The first kappa shape index (κ1) is 12.3. The van der Waals surface area contributed by atoms with Crippen molar-refractivity contribution >= 4 is 6.29 Å². The fourth-order valence-electron chi connectivity index (χ4n) is 2.79. The molecular weight excluding hydrogens is 268 g/mol. The van der Waals surface area contributed by atoms with Gasteiger partial charge < -0.3 is 14.2 Å². The number of hydrogen-bond donors (Lipinski definition) is 0. The van der Waals surface area contributed by atoms with Gasteiger partial charge in [-0.1, -0.05) is 0 Å². The molecule has 0 aromatic heterocycles. The Labute approximate surface area is 122 Å². The quantitative estimate of drug-likeness (QED) is 0.809. The van der Waals surface area contributed by atoms with Gasteiger partial charge in [-0.25, -0.2) is 0 Å². The first-order valence-corrected chi connectivity index (χ1v) is 6.94. The zero-order valence-corrected chi connectivity index (χ0v) is 11.4. The van der Waals surface area contributed by atoms with Gasteiger partial charge in [0.2, 0.25) is 6.79 Å². The van der Waals surface area contributed by atoms with Crippen LogP contribution in [-0.4, -0.2) is 19.7 Å². The van der Waals surface area contributed by atoms with E-state index in [9.17, 15) is 4.79 Å². The second-order valence-corrected chi connectivity index (χ2v) is 5.30. The summed E-state index contributed by atoms with van der Waals surface area (Å²) < 4.78 is 16.6. The van der Waals surface area contributed by atoms with Crippen LogP contribution >= 0.6 is 0 Å². The number of hydrogen-bond acceptors (Lipinski definition) is 4. The molecule has 0 saturated carbocycles.